The van der Waals surface area contributed by atoms with Gasteiger partial charge in [0.1, 0.15) is 18.3 Å². The van der Waals surface area contributed by atoms with Crippen LogP contribution in [0.5, 0.6) is 0 Å². The number of aliphatic hydroxyl groups excluding tert-OH is 3. The summed E-state index contributed by atoms with van der Waals surface area (Å²) in [6.07, 6.45) is -2.76. The lowest BCUT2D eigenvalue weighted by Crippen LogP contribution is -2.53. The summed E-state index contributed by atoms with van der Waals surface area (Å²) < 4.78 is 5.29. The Kier molecular flexibility index (Phi) is 3.53. The van der Waals surface area contributed by atoms with E-state index in [-0.39, 0.29) is 18.1 Å². The second-order valence-electron chi connectivity index (χ2n) is 5.19. The predicted octanol–water partition coefficient (Wildman–Crippen LogP) is -0.0959. The smallest absolute Gasteiger partial charge is 0.111 e. The highest BCUT2D eigenvalue weighted by Gasteiger charge is 2.38. The first kappa shape index (κ1) is 11.9. The number of aliphatic hydroxyl groups is 3. The fourth-order valence-electron chi connectivity index (χ4n) is 1.65. The molecular weight excluding hydrogens is 184 g/mol. The second-order valence-corrected chi connectivity index (χ2v) is 5.19. The van der Waals surface area contributed by atoms with Gasteiger partial charge in [-0.1, -0.05) is 20.8 Å². The van der Waals surface area contributed by atoms with Gasteiger partial charge in [0, 0.05) is 0 Å². The van der Waals surface area contributed by atoms with Crippen molar-refractivity contribution in [3.8, 4) is 0 Å². The van der Waals surface area contributed by atoms with Crippen LogP contribution in [0.15, 0.2) is 0 Å². The third-order valence-electron chi connectivity index (χ3n) is 2.42. The van der Waals surface area contributed by atoms with Crippen LogP contribution in [-0.4, -0.2) is 46.3 Å². The molecule has 4 heteroatoms. The maximum absolute atomic E-state index is 9.64. The minimum absolute atomic E-state index is 0.0354. The van der Waals surface area contributed by atoms with Crippen molar-refractivity contribution in [1.29, 1.82) is 0 Å². The molecular formula is C10H20O4. The molecule has 0 amide bonds. The van der Waals surface area contributed by atoms with E-state index in [1.165, 1.54) is 0 Å². The van der Waals surface area contributed by atoms with Crippen LogP contribution in [-0.2, 0) is 4.74 Å². The Morgan fingerprint density at radius 3 is 2.21 bits per heavy atom. The predicted molar refractivity (Wildman–Crippen MR) is 51.8 cm³/mol. The SMILES string of the molecule is CC(C)(C)C[C@@H]1OC[C@H](O)[C@H](O)[C@H]1O. The van der Waals surface area contributed by atoms with Crippen LogP contribution in [0.4, 0.5) is 0 Å². The Morgan fingerprint density at radius 1 is 1.14 bits per heavy atom. The van der Waals surface area contributed by atoms with Crippen LogP contribution in [0.1, 0.15) is 27.2 Å². The highest BCUT2D eigenvalue weighted by atomic mass is 16.5. The molecule has 1 rings (SSSR count). The third-order valence-corrected chi connectivity index (χ3v) is 2.42. The van der Waals surface area contributed by atoms with Crippen molar-refractivity contribution < 1.29 is 20.1 Å². The first-order valence-electron chi connectivity index (χ1n) is 4.97. The average molecular weight is 204 g/mol. The van der Waals surface area contributed by atoms with Gasteiger partial charge in [-0.3, -0.25) is 0 Å². The van der Waals surface area contributed by atoms with E-state index in [0.717, 1.165) is 0 Å². The van der Waals surface area contributed by atoms with Crippen molar-refractivity contribution in [3.63, 3.8) is 0 Å². The zero-order valence-electron chi connectivity index (χ0n) is 8.97. The number of hydrogen-bond acceptors (Lipinski definition) is 4. The molecule has 1 fully saturated rings. The van der Waals surface area contributed by atoms with Gasteiger partial charge in [-0.2, -0.15) is 0 Å². The fraction of sp³-hybridized carbons (Fsp3) is 1.00. The van der Waals surface area contributed by atoms with E-state index in [1.54, 1.807) is 0 Å². The molecule has 0 radical (unpaired) electrons. The van der Waals surface area contributed by atoms with Crippen LogP contribution in [0.2, 0.25) is 0 Å². The average Bonchev–Trinajstić information content (AvgIpc) is 2.04. The maximum atomic E-state index is 9.64. The Bertz CT molecular complexity index is 187. The first-order valence-corrected chi connectivity index (χ1v) is 4.97. The summed E-state index contributed by atoms with van der Waals surface area (Å²) in [6.45, 7) is 6.22. The minimum atomic E-state index is -1.09. The van der Waals surface area contributed by atoms with Gasteiger partial charge in [-0.25, -0.2) is 0 Å². The Morgan fingerprint density at radius 2 is 1.71 bits per heavy atom. The van der Waals surface area contributed by atoms with Crippen LogP contribution < -0.4 is 0 Å². The lowest BCUT2D eigenvalue weighted by Gasteiger charge is -2.38. The molecule has 0 bridgehead atoms. The first-order chi connectivity index (χ1) is 6.31. The number of hydrogen-bond donors (Lipinski definition) is 3. The maximum Gasteiger partial charge on any atom is 0.111 e. The molecule has 1 saturated heterocycles. The van der Waals surface area contributed by atoms with E-state index in [4.69, 9.17) is 4.74 Å². The molecule has 0 saturated carbocycles. The second kappa shape index (κ2) is 4.14. The minimum Gasteiger partial charge on any atom is -0.388 e. The Balaban J connectivity index is 2.55. The molecule has 0 spiro atoms. The Labute approximate surface area is 84.5 Å². The van der Waals surface area contributed by atoms with E-state index in [2.05, 4.69) is 0 Å². The standard InChI is InChI=1S/C10H20O4/c1-10(2,3)4-7-9(13)8(12)6(11)5-14-7/h6-9,11-13H,4-5H2,1-3H3/t6-,7-,8-,9-/m0/s1. The van der Waals surface area contributed by atoms with Crippen LogP contribution in [0, 0.1) is 5.41 Å². The van der Waals surface area contributed by atoms with E-state index >= 15 is 0 Å². The number of rotatable bonds is 1. The summed E-state index contributed by atoms with van der Waals surface area (Å²) in [7, 11) is 0. The van der Waals surface area contributed by atoms with Gasteiger partial charge in [0.15, 0.2) is 0 Å². The number of ether oxygens (including phenoxy) is 1. The highest BCUT2D eigenvalue weighted by molar-refractivity contribution is 4.88. The summed E-state index contributed by atoms with van der Waals surface area (Å²) in [5.74, 6) is 0. The molecule has 0 aromatic rings. The summed E-state index contributed by atoms with van der Waals surface area (Å²) in [5.41, 5.74) is 0.0354. The molecule has 0 aromatic heterocycles. The van der Waals surface area contributed by atoms with Gasteiger partial charge in [-0.05, 0) is 11.8 Å². The molecule has 0 unspecified atom stereocenters. The van der Waals surface area contributed by atoms with Crippen molar-refractivity contribution in [3.05, 3.63) is 0 Å². The normalized spacial score (nSPS) is 39.9. The zero-order chi connectivity index (χ0) is 10.9. The third kappa shape index (κ3) is 2.92. The molecule has 4 atom stereocenters. The van der Waals surface area contributed by atoms with Crippen molar-refractivity contribution in [2.24, 2.45) is 5.41 Å². The van der Waals surface area contributed by atoms with Crippen molar-refractivity contribution in [2.75, 3.05) is 6.61 Å². The molecule has 14 heavy (non-hydrogen) atoms. The molecule has 1 aliphatic heterocycles. The summed E-state index contributed by atoms with van der Waals surface area (Å²) in [5, 5.41) is 28.3. The van der Waals surface area contributed by atoms with Gasteiger partial charge in [0.05, 0.1) is 12.7 Å². The molecule has 0 aliphatic carbocycles. The summed E-state index contributed by atoms with van der Waals surface area (Å²) in [4.78, 5) is 0. The highest BCUT2D eigenvalue weighted by Crippen LogP contribution is 2.27. The molecule has 1 heterocycles. The van der Waals surface area contributed by atoms with Crippen LogP contribution >= 0.6 is 0 Å². The van der Waals surface area contributed by atoms with E-state index in [1.807, 2.05) is 20.8 Å². The van der Waals surface area contributed by atoms with E-state index < -0.39 is 18.3 Å². The van der Waals surface area contributed by atoms with Crippen molar-refractivity contribution in [1.82, 2.24) is 0 Å². The van der Waals surface area contributed by atoms with Crippen LogP contribution in [0.3, 0.4) is 0 Å². The van der Waals surface area contributed by atoms with Crippen molar-refractivity contribution >= 4 is 0 Å². The fourth-order valence-corrected chi connectivity index (χ4v) is 1.65. The Hall–Kier alpha value is -0.160. The molecule has 3 N–H and O–H groups in total. The molecule has 84 valence electrons. The largest absolute Gasteiger partial charge is 0.388 e. The molecule has 1 aliphatic rings. The van der Waals surface area contributed by atoms with Gasteiger partial charge >= 0.3 is 0 Å². The lowest BCUT2D eigenvalue weighted by atomic mass is 9.85. The topological polar surface area (TPSA) is 69.9 Å². The zero-order valence-corrected chi connectivity index (χ0v) is 8.97. The molecule has 0 aromatic carbocycles. The van der Waals surface area contributed by atoms with Crippen LogP contribution in [0.25, 0.3) is 0 Å². The summed E-state index contributed by atoms with van der Waals surface area (Å²) >= 11 is 0. The quantitative estimate of drug-likeness (QED) is 0.558. The van der Waals surface area contributed by atoms with Gasteiger partial charge in [-0.15, -0.1) is 0 Å². The van der Waals surface area contributed by atoms with E-state index in [9.17, 15) is 15.3 Å². The van der Waals surface area contributed by atoms with Gasteiger partial charge in [0.25, 0.3) is 0 Å². The van der Waals surface area contributed by atoms with Crippen molar-refractivity contribution in [2.45, 2.75) is 51.6 Å². The lowest BCUT2D eigenvalue weighted by molar-refractivity contribution is -0.193. The van der Waals surface area contributed by atoms with Gasteiger partial charge < -0.3 is 20.1 Å². The monoisotopic (exact) mass is 204 g/mol. The summed E-state index contributed by atoms with van der Waals surface area (Å²) in [6, 6.07) is 0. The molecule has 4 nitrogen and oxygen atoms in total. The van der Waals surface area contributed by atoms with E-state index in [0.29, 0.717) is 6.42 Å². The van der Waals surface area contributed by atoms with Gasteiger partial charge in [0.2, 0.25) is 0 Å².